The lowest BCUT2D eigenvalue weighted by Gasteiger charge is -2.34. The van der Waals surface area contributed by atoms with Gasteiger partial charge in [-0.15, -0.1) is 0 Å². The van der Waals surface area contributed by atoms with Crippen molar-refractivity contribution >= 4 is 6.08 Å². The fourth-order valence-electron chi connectivity index (χ4n) is 5.40. The Kier molecular flexibility index (Phi) is 4.57. The number of pyridine rings is 1. The second kappa shape index (κ2) is 7.48. The van der Waals surface area contributed by atoms with Gasteiger partial charge in [-0.25, -0.2) is 4.39 Å². The summed E-state index contributed by atoms with van der Waals surface area (Å²) in [5.41, 5.74) is 4.24. The first kappa shape index (κ1) is 19.6. The summed E-state index contributed by atoms with van der Waals surface area (Å²) in [6.45, 7) is 0.947. The Morgan fingerprint density at radius 1 is 0.969 bits per heavy atom. The Morgan fingerprint density at radius 3 is 2.56 bits per heavy atom. The first-order valence-electron chi connectivity index (χ1n) is 11.4. The lowest BCUT2D eigenvalue weighted by molar-refractivity contribution is 0.137. The van der Waals surface area contributed by atoms with E-state index in [-0.39, 0.29) is 35.7 Å². The van der Waals surface area contributed by atoms with Gasteiger partial charge in [0.25, 0.3) is 0 Å². The second-order valence-electron chi connectivity index (χ2n) is 9.11. The van der Waals surface area contributed by atoms with Crippen LogP contribution in [0.3, 0.4) is 0 Å². The predicted octanol–water partition coefficient (Wildman–Crippen LogP) is 5.73. The fraction of sp³-hybridized carbons (Fsp3) is 0.346. The molecular weight excluding hydrogens is 405 g/mol. The zero-order valence-electron chi connectivity index (χ0n) is 17.8. The van der Waals surface area contributed by atoms with Gasteiger partial charge >= 0.3 is 0 Å². The Hall–Kier alpha value is -3.12. The molecule has 0 spiro atoms. The summed E-state index contributed by atoms with van der Waals surface area (Å²) >= 11 is 0. The molecule has 2 N–H and O–H groups in total. The molecule has 5 nitrogen and oxygen atoms in total. The van der Waals surface area contributed by atoms with E-state index < -0.39 is 0 Å². The summed E-state index contributed by atoms with van der Waals surface area (Å²) in [4.78, 5) is 6.94. The van der Waals surface area contributed by atoms with Gasteiger partial charge in [-0.3, -0.25) is 14.5 Å². The van der Waals surface area contributed by atoms with Crippen molar-refractivity contribution < 1.29 is 14.6 Å². The molecule has 6 rings (SSSR count). The average molecular weight is 432 g/mol. The monoisotopic (exact) mass is 431 g/mol. The predicted molar refractivity (Wildman–Crippen MR) is 121 cm³/mol. The molecule has 3 aromatic rings. The molecule has 6 heteroatoms. The van der Waals surface area contributed by atoms with Crippen LogP contribution in [0.4, 0.5) is 4.39 Å². The molecule has 1 saturated heterocycles. The maximum Gasteiger partial charge on any atom is 0.199 e. The van der Waals surface area contributed by atoms with Crippen molar-refractivity contribution in [1.29, 1.82) is 0 Å². The first-order chi connectivity index (χ1) is 15.6. The minimum Gasteiger partial charge on any atom is -0.494 e. The molecule has 0 bridgehead atoms. The Labute approximate surface area is 186 Å². The van der Waals surface area contributed by atoms with Gasteiger partial charge in [-0.2, -0.15) is 0 Å². The Balaban J connectivity index is 1.32. The van der Waals surface area contributed by atoms with Crippen LogP contribution in [0.2, 0.25) is 0 Å². The van der Waals surface area contributed by atoms with Crippen molar-refractivity contribution in [3.05, 3.63) is 71.3 Å². The van der Waals surface area contributed by atoms with E-state index in [1.54, 1.807) is 16.8 Å². The number of aromatic nitrogens is 2. The topological polar surface area (TPSA) is 61.5 Å². The van der Waals surface area contributed by atoms with Crippen molar-refractivity contribution in [3.63, 3.8) is 0 Å². The summed E-state index contributed by atoms with van der Waals surface area (Å²) < 4.78 is 15.3. The summed E-state index contributed by atoms with van der Waals surface area (Å²) in [6.07, 6.45) is 11.1. The number of aromatic hydroxyl groups is 2. The highest BCUT2D eigenvalue weighted by atomic mass is 19.1. The van der Waals surface area contributed by atoms with Gasteiger partial charge in [-0.1, -0.05) is 30.7 Å². The SMILES string of the molecule is Oc1c2c(c(O)n1C1CC1)C1CCCCN1C2C=Cc1ccc(-c2cccc(F)c2)cn1. The zero-order valence-corrected chi connectivity index (χ0v) is 17.8. The minimum absolute atomic E-state index is 0.0779. The molecule has 2 atom stereocenters. The molecule has 0 radical (unpaired) electrons. The van der Waals surface area contributed by atoms with Crippen LogP contribution in [-0.2, 0) is 0 Å². The zero-order chi connectivity index (χ0) is 21.8. The van der Waals surface area contributed by atoms with Gasteiger partial charge in [-0.05, 0) is 62.1 Å². The second-order valence-corrected chi connectivity index (χ2v) is 9.11. The molecular formula is C26H26FN3O2. The van der Waals surface area contributed by atoms with Crippen LogP contribution in [0, 0.1) is 5.82 Å². The van der Waals surface area contributed by atoms with Crippen molar-refractivity contribution in [2.75, 3.05) is 6.54 Å². The number of rotatable bonds is 4. The van der Waals surface area contributed by atoms with E-state index in [4.69, 9.17) is 0 Å². The molecule has 1 aromatic carbocycles. The summed E-state index contributed by atoms with van der Waals surface area (Å²) in [7, 11) is 0. The standard InChI is InChI=1S/C26H26FN3O2/c27-18-5-3-4-16(14-18)17-7-8-19(28-15-17)9-12-22-24-23(21-6-1-2-13-29(21)22)25(31)30(26(24)32)20-10-11-20/h3-5,7-9,12,14-15,20-22,31-32H,1-2,6,10-11,13H2. The van der Waals surface area contributed by atoms with Crippen LogP contribution < -0.4 is 0 Å². The van der Waals surface area contributed by atoms with Crippen LogP contribution in [0.15, 0.2) is 48.7 Å². The van der Waals surface area contributed by atoms with Gasteiger partial charge < -0.3 is 10.2 Å². The molecule has 1 saturated carbocycles. The van der Waals surface area contributed by atoms with Crippen LogP contribution >= 0.6 is 0 Å². The number of piperidine rings is 1. The molecule has 0 amide bonds. The van der Waals surface area contributed by atoms with E-state index in [9.17, 15) is 14.6 Å². The van der Waals surface area contributed by atoms with Gasteiger partial charge in [0.05, 0.1) is 11.7 Å². The fourth-order valence-corrected chi connectivity index (χ4v) is 5.40. The molecule has 2 aliphatic heterocycles. The molecule has 2 unspecified atom stereocenters. The van der Waals surface area contributed by atoms with E-state index in [0.717, 1.165) is 66.6 Å². The highest BCUT2D eigenvalue weighted by molar-refractivity contribution is 5.64. The number of benzene rings is 1. The van der Waals surface area contributed by atoms with Gasteiger partial charge in [0.1, 0.15) is 5.82 Å². The largest absolute Gasteiger partial charge is 0.494 e. The molecule has 4 heterocycles. The third-order valence-electron chi connectivity index (χ3n) is 7.06. The minimum atomic E-state index is -0.263. The van der Waals surface area contributed by atoms with E-state index in [1.165, 1.54) is 12.1 Å². The van der Waals surface area contributed by atoms with Crippen LogP contribution in [0.25, 0.3) is 17.2 Å². The first-order valence-corrected chi connectivity index (χ1v) is 11.4. The average Bonchev–Trinajstić information content (AvgIpc) is 3.53. The molecule has 164 valence electrons. The Bertz CT molecular complexity index is 1200. The molecule has 3 aliphatic rings. The maximum absolute atomic E-state index is 13.5. The quantitative estimate of drug-likeness (QED) is 0.554. The normalized spacial score (nSPS) is 22.9. The number of hydrogen-bond donors (Lipinski definition) is 2. The van der Waals surface area contributed by atoms with E-state index in [0.29, 0.717) is 0 Å². The van der Waals surface area contributed by atoms with Crippen molar-refractivity contribution in [2.45, 2.75) is 50.2 Å². The van der Waals surface area contributed by atoms with Crippen LogP contribution in [0.1, 0.15) is 67.1 Å². The van der Waals surface area contributed by atoms with Gasteiger partial charge in [0, 0.05) is 35.0 Å². The lowest BCUT2D eigenvalue weighted by atomic mass is 9.99. The van der Waals surface area contributed by atoms with E-state index in [1.807, 2.05) is 24.3 Å². The van der Waals surface area contributed by atoms with Crippen LogP contribution in [0.5, 0.6) is 11.8 Å². The third-order valence-corrected chi connectivity index (χ3v) is 7.06. The number of hydrogen-bond acceptors (Lipinski definition) is 4. The molecule has 2 aromatic heterocycles. The summed E-state index contributed by atoms with van der Waals surface area (Å²) in [5, 5.41) is 22.0. The smallest absolute Gasteiger partial charge is 0.199 e. The van der Waals surface area contributed by atoms with Crippen LogP contribution in [-0.4, -0.2) is 31.2 Å². The maximum atomic E-state index is 13.5. The van der Waals surface area contributed by atoms with E-state index in [2.05, 4.69) is 16.0 Å². The Morgan fingerprint density at radius 2 is 1.81 bits per heavy atom. The highest BCUT2D eigenvalue weighted by Gasteiger charge is 2.46. The summed E-state index contributed by atoms with van der Waals surface area (Å²) in [6, 6.07) is 10.7. The third kappa shape index (κ3) is 3.13. The van der Waals surface area contributed by atoms with Gasteiger partial charge in [0.15, 0.2) is 11.8 Å². The summed E-state index contributed by atoms with van der Waals surface area (Å²) in [5.74, 6) is 0.213. The van der Waals surface area contributed by atoms with Crippen molar-refractivity contribution in [3.8, 4) is 22.9 Å². The number of nitrogens with zero attached hydrogens (tertiary/aromatic N) is 3. The molecule has 32 heavy (non-hydrogen) atoms. The van der Waals surface area contributed by atoms with Crippen molar-refractivity contribution in [2.24, 2.45) is 0 Å². The van der Waals surface area contributed by atoms with Gasteiger partial charge in [0.2, 0.25) is 0 Å². The molecule has 2 fully saturated rings. The van der Waals surface area contributed by atoms with Crippen molar-refractivity contribution in [1.82, 2.24) is 14.5 Å². The van der Waals surface area contributed by atoms with E-state index >= 15 is 0 Å². The molecule has 1 aliphatic carbocycles. The number of halogens is 1. The lowest BCUT2D eigenvalue weighted by Crippen LogP contribution is -2.30. The number of fused-ring (bicyclic) bond motifs is 3. The highest BCUT2D eigenvalue weighted by Crippen LogP contribution is 2.58.